The molecule has 5 rings (SSSR count). The predicted octanol–water partition coefficient (Wildman–Crippen LogP) is 7.00. The molecule has 4 aromatic rings. The van der Waals surface area contributed by atoms with Gasteiger partial charge in [-0.1, -0.05) is 28.1 Å². The Balaban J connectivity index is 1.69. The lowest BCUT2D eigenvalue weighted by Crippen LogP contribution is -2.31. The summed E-state index contributed by atoms with van der Waals surface area (Å²) in [5.74, 6) is -0.859. The highest BCUT2D eigenvalue weighted by Crippen LogP contribution is 2.44. The first-order chi connectivity index (χ1) is 18.2. The average molecular weight is 576 g/mol. The van der Waals surface area contributed by atoms with Crippen molar-refractivity contribution in [2.24, 2.45) is 0 Å². The molecule has 0 saturated heterocycles. The van der Waals surface area contributed by atoms with Crippen LogP contribution in [0.1, 0.15) is 40.2 Å². The minimum absolute atomic E-state index is 0.0259. The Morgan fingerprint density at radius 1 is 1.03 bits per heavy atom. The number of hydrogen-bond acceptors (Lipinski definition) is 6. The van der Waals surface area contributed by atoms with Gasteiger partial charge in [-0.05, 0) is 86.0 Å². The molecule has 1 amide bonds. The number of aryl methyl sites for hydroxylation is 2. The molecule has 1 aliphatic rings. The number of nitrogens with zero attached hydrogens (tertiary/aromatic N) is 1. The molecule has 1 unspecified atom stereocenters. The highest BCUT2D eigenvalue weighted by molar-refractivity contribution is 9.10. The number of rotatable bonds is 7. The lowest BCUT2D eigenvalue weighted by molar-refractivity contribution is -0.117. The number of carbonyl (C=O) groups excluding carboxylic acids is 2. The van der Waals surface area contributed by atoms with E-state index in [1.54, 1.807) is 43.5 Å². The van der Waals surface area contributed by atoms with Crippen LogP contribution in [-0.4, -0.2) is 30.5 Å². The maximum absolute atomic E-state index is 13.9. The number of aliphatic hydroxyl groups excluding tert-OH is 1. The number of hydrogen-bond donors (Lipinski definition) is 1. The number of ether oxygens (including phenoxy) is 2. The molecule has 2 heterocycles. The van der Waals surface area contributed by atoms with Gasteiger partial charge in [0.15, 0.2) is 23.0 Å². The Morgan fingerprint density at radius 2 is 1.82 bits per heavy atom. The zero-order valence-electron chi connectivity index (χ0n) is 21.4. The number of methoxy groups -OCH3 is 1. The molecular formula is C30H26BrNO6. The fraction of sp³-hybridized carbons (Fsp3) is 0.200. The van der Waals surface area contributed by atoms with Crippen molar-refractivity contribution < 1.29 is 28.6 Å². The smallest absolute Gasteiger partial charge is 0.294 e. The minimum Gasteiger partial charge on any atom is -0.503 e. The molecule has 1 aromatic heterocycles. The number of benzene rings is 3. The summed E-state index contributed by atoms with van der Waals surface area (Å²) in [5, 5.41) is 11.9. The number of aliphatic hydroxyl groups is 1. The molecule has 8 heteroatoms. The number of amides is 1. The maximum Gasteiger partial charge on any atom is 0.294 e. The van der Waals surface area contributed by atoms with Crippen molar-refractivity contribution in [1.82, 2.24) is 0 Å². The molecule has 0 aliphatic carbocycles. The molecule has 0 radical (unpaired) electrons. The van der Waals surface area contributed by atoms with Crippen molar-refractivity contribution in [1.29, 1.82) is 0 Å². The van der Waals surface area contributed by atoms with Crippen LogP contribution < -0.4 is 14.4 Å². The molecular weight excluding hydrogens is 550 g/mol. The maximum atomic E-state index is 13.9. The standard InChI is InChI=1S/C30H26BrNO6/c1-5-37-24-14-18(7-10-23(24)36-4)27-26(28(33)25-15-19-13-20(31)8-11-22(19)38-25)29(34)30(35)32(27)21-9-6-16(2)17(3)12-21/h6-15,27,34H,5H2,1-4H3. The van der Waals surface area contributed by atoms with Crippen LogP contribution in [0.5, 0.6) is 11.5 Å². The third-order valence-electron chi connectivity index (χ3n) is 6.73. The summed E-state index contributed by atoms with van der Waals surface area (Å²) < 4.78 is 17.9. The van der Waals surface area contributed by atoms with E-state index >= 15 is 0 Å². The van der Waals surface area contributed by atoms with Crippen LogP contribution in [0.3, 0.4) is 0 Å². The highest BCUT2D eigenvalue weighted by atomic mass is 79.9. The van der Waals surface area contributed by atoms with Crippen LogP contribution in [-0.2, 0) is 4.79 Å². The summed E-state index contributed by atoms with van der Waals surface area (Å²) in [5.41, 5.74) is 3.61. The zero-order valence-corrected chi connectivity index (χ0v) is 23.0. The largest absolute Gasteiger partial charge is 0.503 e. The van der Waals surface area contributed by atoms with E-state index in [4.69, 9.17) is 13.9 Å². The van der Waals surface area contributed by atoms with Crippen molar-refractivity contribution in [3.8, 4) is 11.5 Å². The zero-order chi connectivity index (χ0) is 27.1. The van der Waals surface area contributed by atoms with Crippen LogP contribution in [0.4, 0.5) is 5.69 Å². The molecule has 0 fully saturated rings. The van der Waals surface area contributed by atoms with Gasteiger partial charge in [0, 0.05) is 15.5 Å². The summed E-state index contributed by atoms with van der Waals surface area (Å²) in [4.78, 5) is 28.9. The van der Waals surface area contributed by atoms with Crippen LogP contribution in [0.2, 0.25) is 0 Å². The molecule has 194 valence electrons. The summed E-state index contributed by atoms with van der Waals surface area (Å²) in [6.07, 6.45) is 0. The van der Waals surface area contributed by atoms with Gasteiger partial charge in [-0.3, -0.25) is 14.5 Å². The van der Waals surface area contributed by atoms with Gasteiger partial charge in [0.2, 0.25) is 5.78 Å². The van der Waals surface area contributed by atoms with Gasteiger partial charge >= 0.3 is 0 Å². The summed E-state index contributed by atoms with van der Waals surface area (Å²) >= 11 is 3.43. The van der Waals surface area contributed by atoms with Crippen molar-refractivity contribution in [3.63, 3.8) is 0 Å². The van der Waals surface area contributed by atoms with Gasteiger partial charge in [0.1, 0.15) is 5.58 Å². The normalized spacial score (nSPS) is 15.4. The number of furan rings is 1. The SMILES string of the molecule is CCOc1cc(C2C(C(=O)c3cc4cc(Br)ccc4o3)=C(O)C(=O)N2c2ccc(C)c(C)c2)ccc1OC. The fourth-order valence-corrected chi connectivity index (χ4v) is 5.06. The van der Waals surface area contributed by atoms with Crippen LogP contribution >= 0.6 is 15.9 Å². The molecule has 1 atom stereocenters. The van der Waals surface area contributed by atoms with Gasteiger partial charge in [0.05, 0.1) is 25.3 Å². The third kappa shape index (κ3) is 4.35. The summed E-state index contributed by atoms with van der Waals surface area (Å²) in [7, 11) is 1.54. The molecule has 0 spiro atoms. The molecule has 38 heavy (non-hydrogen) atoms. The molecule has 1 N–H and O–H groups in total. The first-order valence-electron chi connectivity index (χ1n) is 12.1. The summed E-state index contributed by atoms with van der Waals surface area (Å²) in [6, 6.07) is 16.9. The molecule has 0 bridgehead atoms. The van der Waals surface area contributed by atoms with Gasteiger partial charge in [0.25, 0.3) is 5.91 Å². The Labute approximate surface area is 228 Å². The van der Waals surface area contributed by atoms with Crippen molar-refractivity contribution >= 4 is 44.3 Å². The van der Waals surface area contributed by atoms with E-state index in [0.29, 0.717) is 34.9 Å². The van der Waals surface area contributed by atoms with Crippen molar-refractivity contribution in [3.05, 3.63) is 98.9 Å². The number of fused-ring (bicyclic) bond motifs is 1. The number of Topliss-reactive ketones (excluding diaryl/α,β-unsaturated/α-hetero) is 1. The van der Waals surface area contributed by atoms with E-state index in [-0.39, 0.29) is 11.3 Å². The van der Waals surface area contributed by atoms with Crippen molar-refractivity contribution in [2.75, 3.05) is 18.6 Å². The first-order valence-corrected chi connectivity index (χ1v) is 12.9. The second-order valence-corrected chi connectivity index (χ2v) is 9.99. The molecule has 7 nitrogen and oxygen atoms in total. The summed E-state index contributed by atoms with van der Waals surface area (Å²) in [6.45, 7) is 6.17. The topological polar surface area (TPSA) is 89.2 Å². The second kappa shape index (κ2) is 10.0. The average Bonchev–Trinajstić information content (AvgIpc) is 3.44. The lowest BCUT2D eigenvalue weighted by atomic mass is 9.94. The fourth-order valence-electron chi connectivity index (χ4n) is 4.68. The van der Waals surface area contributed by atoms with Crippen LogP contribution in [0.15, 0.2) is 80.9 Å². The number of halogens is 1. The molecule has 0 saturated carbocycles. The van der Waals surface area contributed by atoms with Gasteiger partial charge < -0.3 is 19.0 Å². The van der Waals surface area contributed by atoms with E-state index in [1.807, 2.05) is 45.0 Å². The Bertz CT molecular complexity index is 1620. The Hall–Kier alpha value is -4.04. The van der Waals surface area contributed by atoms with E-state index in [2.05, 4.69) is 15.9 Å². The lowest BCUT2D eigenvalue weighted by Gasteiger charge is -2.28. The predicted molar refractivity (Wildman–Crippen MR) is 148 cm³/mol. The highest BCUT2D eigenvalue weighted by Gasteiger charge is 2.45. The van der Waals surface area contributed by atoms with Gasteiger partial charge in [-0.25, -0.2) is 0 Å². The molecule has 1 aliphatic heterocycles. The quantitative estimate of drug-likeness (QED) is 0.238. The monoisotopic (exact) mass is 575 g/mol. The van der Waals surface area contributed by atoms with E-state index < -0.39 is 23.5 Å². The van der Waals surface area contributed by atoms with Gasteiger partial charge in [-0.2, -0.15) is 0 Å². The van der Waals surface area contributed by atoms with E-state index in [1.165, 1.54) is 4.90 Å². The van der Waals surface area contributed by atoms with Gasteiger partial charge in [-0.15, -0.1) is 0 Å². The first kappa shape index (κ1) is 25.6. The number of anilines is 1. The van der Waals surface area contributed by atoms with Crippen molar-refractivity contribution in [2.45, 2.75) is 26.8 Å². The van der Waals surface area contributed by atoms with Crippen LogP contribution in [0.25, 0.3) is 11.0 Å². The number of ketones is 1. The second-order valence-electron chi connectivity index (χ2n) is 9.07. The number of carbonyl (C=O) groups is 2. The Morgan fingerprint density at radius 3 is 2.53 bits per heavy atom. The Kier molecular flexibility index (Phi) is 6.75. The van der Waals surface area contributed by atoms with Crippen LogP contribution in [0, 0.1) is 13.8 Å². The van der Waals surface area contributed by atoms with E-state index in [9.17, 15) is 14.7 Å². The molecule has 3 aromatic carbocycles. The minimum atomic E-state index is -0.929. The van der Waals surface area contributed by atoms with E-state index in [0.717, 1.165) is 21.0 Å². The third-order valence-corrected chi connectivity index (χ3v) is 7.22.